The number of furan rings is 1. The van der Waals surface area contributed by atoms with E-state index in [0.717, 1.165) is 11.3 Å². The Morgan fingerprint density at radius 1 is 1.31 bits per heavy atom. The number of amides is 1. The van der Waals surface area contributed by atoms with Crippen molar-refractivity contribution in [2.45, 2.75) is 17.2 Å². The molecule has 0 saturated carbocycles. The molecule has 4 rings (SSSR count). The number of halogens is 1. The van der Waals surface area contributed by atoms with E-state index >= 15 is 0 Å². The summed E-state index contributed by atoms with van der Waals surface area (Å²) >= 11 is 1.40. The van der Waals surface area contributed by atoms with Crippen LogP contribution in [0, 0.1) is 5.82 Å². The van der Waals surface area contributed by atoms with Gasteiger partial charge in [-0.15, -0.1) is 11.8 Å². The molecule has 0 bridgehead atoms. The van der Waals surface area contributed by atoms with Crippen LogP contribution in [0.1, 0.15) is 18.2 Å². The molecule has 0 spiro atoms. The highest BCUT2D eigenvalue weighted by molar-refractivity contribution is 8.00. The number of thioether (sulfide) groups is 1. The zero-order chi connectivity index (χ0) is 17.9. The summed E-state index contributed by atoms with van der Waals surface area (Å²) < 4.78 is 23.4. The molecule has 6 nitrogen and oxygen atoms in total. The number of carbonyl (C=O) groups is 1. The third-order valence-corrected chi connectivity index (χ3v) is 5.25. The zero-order valence-corrected chi connectivity index (χ0v) is 14.6. The molecule has 1 atom stereocenters. The van der Waals surface area contributed by atoms with Gasteiger partial charge in [-0.05, 0) is 42.8 Å². The summed E-state index contributed by atoms with van der Waals surface area (Å²) in [6.07, 6.45) is 2.35. The average molecular weight is 373 g/mol. The molecule has 0 radical (unpaired) electrons. The summed E-state index contributed by atoms with van der Waals surface area (Å²) in [4.78, 5) is 19.5. The summed E-state index contributed by atoms with van der Waals surface area (Å²) in [6, 6.07) is 9.66. The lowest BCUT2D eigenvalue weighted by Crippen LogP contribution is -2.30. The maximum absolute atomic E-state index is 12.9. The number of hydrogen-bond donors (Lipinski definition) is 0. The number of hydrogen-bond acceptors (Lipinski definition) is 6. The van der Waals surface area contributed by atoms with E-state index < -0.39 is 0 Å². The van der Waals surface area contributed by atoms with E-state index in [2.05, 4.69) is 10.1 Å². The highest BCUT2D eigenvalue weighted by Gasteiger charge is 2.30. The number of nitrogens with zero attached hydrogens (tertiary/aromatic N) is 3. The summed E-state index contributed by atoms with van der Waals surface area (Å²) in [5.41, 5.74) is 0. The lowest BCUT2D eigenvalue weighted by atomic mass is 10.1. The molecule has 134 valence electrons. The first-order valence-electron chi connectivity index (χ1n) is 8.22. The van der Waals surface area contributed by atoms with Gasteiger partial charge in [0.05, 0.1) is 12.0 Å². The minimum Gasteiger partial charge on any atom is -0.459 e. The fourth-order valence-corrected chi connectivity index (χ4v) is 3.67. The summed E-state index contributed by atoms with van der Waals surface area (Å²) in [5, 5.41) is 4.02. The van der Waals surface area contributed by atoms with E-state index in [1.165, 1.54) is 23.9 Å². The van der Waals surface area contributed by atoms with Gasteiger partial charge in [-0.1, -0.05) is 5.16 Å². The Kier molecular flexibility index (Phi) is 4.75. The lowest BCUT2D eigenvalue weighted by Gasteiger charge is -2.15. The molecule has 26 heavy (non-hydrogen) atoms. The predicted molar refractivity (Wildman–Crippen MR) is 93.1 cm³/mol. The first-order chi connectivity index (χ1) is 12.7. The van der Waals surface area contributed by atoms with Crippen molar-refractivity contribution < 1.29 is 18.1 Å². The monoisotopic (exact) mass is 373 g/mol. The second kappa shape index (κ2) is 7.33. The maximum atomic E-state index is 12.9. The van der Waals surface area contributed by atoms with Crippen LogP contribution in [-0.2, 0) is 4.79 Å². The number of likely N-dealkylation sites (tertiary alicyclic amines) is 1. The Labute approximate surface area is 153 Å². The average Bonchev–Trinajstić information content (AvgIpc) is 3.41. The summed E-state index contributed by atoms with van der Waals surface area (Å²) in [6.45, 7) is 1.23. The van der Waals surface area contributed by atoms with Gasteiger partial charge in [0.15, 0.2) is 11.6 Å². The zero-order valence-electron chi connectivity index (χ0n) is 13.8. The molecular formula is C18H16FN3O3S. The SMILES string of the molecule is O=C(CSc1ccc(F)cc1)N1CC[C@@H](c2noc(-c3ccco3)n2)C1. The van der Waals surface area contributed by atoms with Gasteiger partial charge < -0.3 is 13.8 Å². The predicted octanol–water partition coefficient (Wildman–Crippen LogP) is 3.58. The molecule has 1 aromatic carbocycles. The van der Waals surface area contributed by atoms with Crippen LogP contribution >= 0.6 is 11.8 Å². The van der Waals surface area contributed by atoms with Crippen LogP contribution in [0.25, 0.3) is 11.7 Å². The van der Waals surface area contributed by atoms with Gasteiger partial charge in [0.25, 0.3) is 5.89 Å². The Morgan fingerprint density at radius 3 is 2.92 bits per heavy atom. The summed E-state index contributed by atoms with van der Waals surface area (Å²) in [7, 11) is 0. The lowest BCUT2D eigenvalue weighted by molar-refractivity contribution is -0.127. The van der Waals surface area contributed by atoms with E-state index in [9.17, 15) is 9.18 Å². The third-order valence-electron chi connectivity index (χ3n) is 4.26. The first-order valence-corrected chi connectivity index (χ1v) is 9.21. The quantitative estimate of drug-likeness (QED) is 0.637. The molecule has 0 N–H and O–H groups in total. The van der Waals surface area contributed by atoms with Gasteiger partial charge >= 0.3 is 0 Å². The standard InChI is InChI=1S/C18H16FN3O3S/c19-13-3-5-14(6-4-13)26-11-16(23)22-8-7-12(10-22)17-20-18(25-21-17)15-2-1-9-24-15/h1-6,9,12H,7-8,10-11H2/t12-/m1/s1. The highest BCUT2D eigenvalue weighted by Crippen LogP contribution is 2.28. The molecule has 3 heterocycles. The van der Waals surface area contributed by atoms with Crippen molar-refractivity contribution >= 4 is 17.7 Å². The second-order valence-electron chi connectivity index (χ2n) is 6.00. The van der Waals surface area contributed by atoms with E-state index in [-0.39, 0.29) is 17.6 Å². The number of aromatic nitrogens is 2. The van der Waals surface area contributed by atoms with Crippen molar-refractivity contribution in [3.05, 3.63) is 54.3 Å². The van der Waals surface area contributed by atoms with E-state index in [1.54, 1.807) is 30.5 Å². The van der Waals surface area contributed by atoms with Crippen molar-refractivity contribution in [1.82, 2.24) is 15.0 Å². The van der Waals surface area contributed by atoms with E-state index in [1.807, 2.05) is 4.90 Å². The Balaban J connectivity index is 1.33. The molecule has 0 aliphatic carbocycles. The number of benzene rings is 1. The van der Waals surface area contributed by atoms with Crippen LogP contribution in [-0.4, -0.2) is 39.8 Å². The fraction of sp³-hybridized carbons (Fsp3) is 0.278. The summed E-state index contributed by atoms with van der Waals surface area (Å²) in [5.74, 6) is 1.63. The van der Waals surface area contributed by atoms with Gasteiger partial charge in [0.2, 0.25) is 5.91 Å². The topological polar surface area (TPSA) is 72.4 Å². The van der Waals surface area contributed by atoms with Crippen molar-refractivity contribution in [2.75, 3.05) is 18.8 Å². The largest absolute Gasteiger partial charge is 0.459 e. The normalized spacial score (nSPS) is 17.0. The Bertz CT molecular complexity index is 879. The molecule has 1 amide bonds. The van der Waals surface area contributed by atoms with Crippen molar-refractivity contribution in [2.24, 2.45) is 0 Å². The second-order valence-corrected chi connectivity index (χ2v) is 7.05. The van der Waals surface area contributed by atoms with Crippen molar-refractivity contribution in [1.29, 1.82) is 0 Å². The molecule has 1 aliphatic heterocycles. The highest BCUT2D eigenvalue weighted by atomic mass is 32.2. The molecule has 8 heteroatoms. The van der Waals surface area contributed by atoms with Crippen molar-refractivity contribution in [3.63, 3.8) is 0 Å². The van der Waals surface area contributed by atoms with E-state index in [0.29, 0.717) is 36.3 Å². The van der Waals surface area contributed by atoms with Crippen LogP contribution < -0.4 is 0 Å². The first kappa shape index (κ1) is 16.8. The van der Waals surface area contributed by atoms with Crippen molar-refractivity contribution in [3.8, 4) is 11.7 Å². The molecule has 1 fully saturated rings. The van der Waals surface area contributed by atoms with Crippen LogP contribution in [0.15, 0.2) is 56.5 Å². The molecule has 0 unspecified atom stereocenters. The third kappa shape index (κ3) is 3.65. The minimum absolute atomic E-state index is 0.0524. The van der Waals surface area contributed by atoms with Crippen LogP contribution in [0.4, 0.5) is 4.39 Å². The smallest absolute Gasteiger partial charge is 0.293 e. The molecule has 1 aliphatic rings. The van der Waals surface area contributed by atoms with Crippen LogP contribution in [0.5, 0.6) is 0 Å². The van der Waals surface area contributed by atoms with Gasteiger partial charge in [0.1, 0.15) is 5.82 Å². The molecular weight excluding hydrogens is 357 g/mol. The van der Waals surface area contributed by atoms with Gasteiger partial charge in [-0.25, -0.2) is 4.39 Å². The fourth-order valence-electron chi connectivity index (χ4n) is 2.87. The van der Waals surface area contributed by atoms with Gasteiger partial charge in [-0.2, -0.15) is 4.98 Å². The minimum atomic E-state index is -0.280. The van der Waals surface area contributed by atoms with Crippen LogP contribution in [0.2, 0.25) is 0 Å². The van der Waals surface area contributed by atoms with Crippen LogP contribution in [0.3, 0.4) is 0 Å². The molecule has 1 saturated heterocycles. The Morgan fingerprint density at radius 2 is 2.15 bits per heavy atom. The number of rotatable bonds is 5. The van der Waals surface area contributed by atoms with Gasteiger partial charge in [-0.3, -0.25) is 4.79 Å². The number of carbonyl (C=O) groups excluding carboxylic acids is 1. The van der Waals surface area contributed by atoms with Gasteiger partial charge in [0, 0.05) is 23.9 Å². The Hall–Kier alpha value is -2.61. The molecule has 3 aromatic rings. The van der Waals surface area contributed by atoms with E-state index in [4.69, 9.17) is 8.94 Å². The maximum Gasteiger partial charge on any atom is 0.293 e. The molecule has 2 aromatic heterocycles.